The second kappa shape index (κ2) is 5.20. The van der Waals surface area contributed by atoms with E-state index in [9.17, 15) is 4.79 Å². The van der Waals surface area contributed by atoms with Crippen LogP contribution in [0.4, 0.5) is 0 Å². The Balaban J connectivity index is 2.44. The van der Waals surface area contributed by atoms with E-state index in [-0.39, 0.29) is 13.0 Å². The molecule has 1 unspecified atom stereocenters. The molecule has 5 nitrogen and oxygen atoms in total. The van der Waals surface area contributed by atoms with E-state index in [4.69, 9.17) is 15.9 Å². The third-order valence-electron chi connectivity index (χ3n) is 3.01. The van der Waals surface area contributed by atoms with E-state index in [2.05, 4.69) is 4.98 Å². The van der Waals surface area contributed by atoms with Gasteiger partial charge in [-0.3, -0.25) is 4.79 Å². The van der Waals surface area contributed by atoms with Crippen LogP contribution in [0.3, 0.4) is 0 Å². The minimum atomic E-state index is -1.02. The molecule has 5 N–H and O–H groups in total. The van der Waals surface area contributed by atoms with Gasteiger partial charge < -0.3 is 20.9 Å². The average molecular weight is 248 g/mol. The highest BCUT2D eigenvalue weighted by Gasteiger charge is 2.18. The van der Waals surface area contributed by atoms with Crippen molar-refractivity contribution in [2.24, 2.45) is 5.73 Å². The van der Waals surface area contributed by atoms with Crippen LogP contribution >= 0.6 is 0 Å². The van der Waals surface area contributed by atoms with Crippen molar-refractivity contribution in [1.29, 1.82) is 0 Å². The SMILES string of the molecule is NC(Cc1c(CCO)[nH]c2ccccc12)C(=O)O. The number of aliphatic carboxylic acids is 1. The van der Waals surface area contributed by atoms with Crippen molar-refractivity contribution in [1.82, 2.24) is 4.98 Å². The van der Waals surface area contributed by atoms with Crippen LogP contribution in [0.5, 0.6) is 0 Å². The molecule has 1 heterocycles. The highest BCUT2D eigenvalue weighted by Crippen LogP contribution is 2.23. The summed E-state index contributed by atoms with van der Waals surface area (Å²) in [6.07, 6.45) is 0.727. The number of aliphatic hydroxyl groups is 1. The molecule has 0 spiro atoms. The molecule has 96 valence electrons. The first-order chi connectivity index (χ1) is 8.63. The van der Waals surface area contributed by atoms with Gasteiger partial charge in [-0.05, 0) is 11.6 Å². The van der Waals surface area contributed by atoms with Gasteiger partial charge in [0, 0.05) is 36.0 Å². The molecule has 0 amide bonds. The lowest BCUT2D eigenvalue weighted by molar-refractivity contribution is -0.138. The maximum atomic E-state index is 10.8. The van der Waals surface area contributed by atoms with Crippen LogP contribution in [-0.2, 0) is 17.6 Å². The molecule has 0 aliphatic rings. The molecule has 2 rings (SSSR count). The number of nitrogens with two attached hydrogens (primary N) is 1. The number of carboxylic acid groups (broad SMARTS) is 1. The number of aromatic nitrogens is 1. The Hall–Kier alpha value is -1.85. The number of nitrogens with one attached hydrogen (secondary N) is 1. The van der Waals surface area contributed by atoms with Crippen LogP contribution in [0, 0.1) is 0 Å². The first-order valence-electron chi connectivity index (χ1n) is 5.81. The number of carboxylic acids is 1. The summed E-state index contributed by atoms with van der Waals surface area (Å²) in [7, 11) is 0. The summed E-state index contributed by atoms with van der Waals surface area (Å²) >= 11 is 0. The largest absolute Gasteiger partial charge is 0.480 e. The molecule has 18 heavy (non-hydrogen) atoms. The smallest absolute Gasteiger partial charge is 0.320 e. The van der Waals surface area contributed by atoms with Gasteiger partial charge in [0.15, 0.2) is 0 Å². The van der Waals surface area contributed by atoms with Gasteiger partial charge in [0.05, 0.1) is 0 Å². The summed E-state index contributed by atoms with van der Waals surface area (Å²) in [6.45, 7) is 0.0160. The third-order valence-corrected chi connectivity index (χ3v) is 3.01. The van der Waals surface area contributed by atoms with Crippen molar-refractivity contribution in [2.45, 2.75) is 18.9 Å². The average Bonchev–Trinajstić information content (AvgIpc) is 2.68. The lowest BCUT2D eigenvalue weighted by atomic mass is 10.0. The first-order valence-corrected chi connectivity index (χ1v) is 5.81. The third kappa shape index (κ3) is 2.37. The van der Waals surface area contributed by atoms with Crippen LogP contribution in [0.2, 0.25) is 0 Å². The van der Waals surface area contributed by atoms with Gasteiger partial charge in [0.1, 0.15) is 6.04 Å². The van der Waals surface area contributed by atoms with Crippen LogP contribution in [0.15, 0.2) is 24.3 Å². The molecular formula is C13H16N2O3. The van der Waals surface area contributed by atoms with Crippen LogP contribution < -0.4 is 5.73 Å². The zero-order chi connectivity index (χ0) is 13.1. The van der Waals surface area contributed by atoms with Crippen molar-refractivity contribution in [2.75, 3.05) is 6.61 Å². The standard InChI is InChI=1S/C13H16N2O3/c14-10(13(17)18)7-9-8-3-1-2-4-11(8)15-12(9)5-6-16/h1-4,10,15-16H,5-7,14H2,(H,17,18). The predicted molar refractivity (Wildman–Crippen MR) is 68.4 cm³/mol. The van der Waals surface area contributed by atoms with Gasteiger partial charge in [-0.1, -0.05) is 18.2 Å². The Kier molecular flexibility index (Phi) is 3.64. The molecule has 0 radical (unpaired) electrons. The summed E-state index contributed by atoms with van der Waals surface area (Å²) in [5.41, 5.74) is 8.27. The number of benzene rings is 1. The summed E-state index contributed by atoms with van der Waals surface area (Å²) in [5.74, 6) is -1.02. The number of aromatic amines is 1. The molecule has 1 atom stereocenters. The highest BCUT2D eigenvalue weighted by atomic mass is 16.4. The molecule has 1 aromatic heterocycles. The topological polar surface area (TPSA) is 99.3 Å². The first kappa shape index (κ1) is 12.6. The van der Waals surface area contributed by atoms with Gasteiger partial charge in [-0.2, -0.15) is 0 Å². The van der Waals surface area contributed by atoms with Gasteiger partial charge in [0.25, 0.3) is 0 Å². The molecular weight excluding hydrogens is 232 g/mol. The van der Waals surface area contributed by atoms with Crippen molar-refractivity contribution in [3.8, 4) is 0 Å². The molecule has 0 aliphatic carbocycles. The van der Waals surface area contributed by atoms with E-state index in [0.717, 1.165) is 22.2 Å². The van der Waals surface area contributed by atoms with Gasteiger partial charge in [-0.15, -0.1) is 0 Å². The summed E-state index contributed by atoms with van der Waals surface area (Å²) in [4.78, 5) is 14.0. The van der Waals surface area contributed by atoms with E-state index in [1.54, 1.807) is 0 Å². The monoisotopic (exact) mass is 248 g/mol. The van der Waals surface area contributed by atoms with Crippen LogP contribution in [0.25, 0.3) is 10.9 Å². The Morgan fingerprint density at radius 1 is 1.39 bits per heavy atom. The zero-order valence-electron chi connectivity index (χ0n) is 9.89. The molecule has 1 aromatic carbocycles. The Morgan fingerprint density at radius 2 is 2.11 bits per heavy atom. The minimum Gasteiger partial charge on any atom is -0.480 e. The van der Waals surface area contributed by atoms with Gasteiger partial charge in [-0.25, -0.2) is 0 Å². The summed E-state index contributed by atoms with van der Waals surface area (Å²) in [6, 6.07) is 6.72. The number of hydrogen-bond acceptors (Lipinski definition) is 3. The number of fused-ring (bicyclic) bond motifs is 1. The Labute approximate surface area is 104 Å². The summed E-state index contributed by atoms with van der Waals surface area (Å²) in [5, 5.41) is 18.9. The number of rotatable bonds is 5. The highest BCUT2D eigenvalue weighted by molar-refractivity contribution is 5.85. The van der Waals surface area contributed by atoms with Crippen LogP contribution in [0.1, 0.15) is 11.3 Å². The maximum absolute atomic E-state index is 10.8. The fourth-order valence-electron chi connectivity index (χ4n) is 2.12. The number of hydrogen-bond donors (Lipinski definition) is 4. The quantitative estimate of drug-likeness (QED) is 0.624. The number of para-hydroxylation sites is 1. The van der Waals surface area contributed by atoms with Crippen molar-refractivity contribution in [3.63, 3.8) is 0 Å². The van der Waals surface area contributed by atoms with E-state index in [1.807, 2.05) is 24.3 Å². The minimum absolute atomic E-state index is 0.0160. The lowest BCUT2D eigenvalue weighted by Gasteiger charge is -2.07. The molecule has 0 saturated heterocycles. The number of H-pyrrole nitrogens is 1. The molecule has 0 saturated carbocycles. The molecule has 0 fully saturated rings. The predicted octanol–water partition coefficient (Wildman–Crippen LogP) is 0.657. The van der Waals surface area contributed by atoms with Crippen molar-refractivity contribution in [3.05, 3.63) is 35.5 Å². The second-order valence-corrected chi connectivity index (χ2v) is 4.25. The molecule has 5 heteroatoms. The van der Waals surface area contributed by atoms with Crippen molar-refractivity contribution >= 4 is 16.9 Å². The number of carbonyl (C=O) groups is 1. The molecule has 0 aliphatic heterocycles. The fraction of sp³-hybridized carbons (Fsp3) is 0.308. The Morgan fingerprint density at radius 3 is 2.78 bits per heavy atom. The maximum Gasteiger partial charge on any atom is 0.320 e. The normalized spacial score (nSPS) is 12.8. The van der Waals surface area contributed by atoms with Crippen molar-refractivity contribution < 1.29 is 15.0 Å². The van der Waals surface area contributed by atoms with E-state index in [1.165, 1.54) is 0 Å². The van der Waals surface area contributed by atoms with E-state index < -0.39 is 12.0 Å². The summed E-state index contributed by atoms with van der Waals surface area (Å²) < 4.78 is 0. The van der Waals surface area contributed by atoms with Gasteiger partial charge >= 0.3 is 5.97 Å². The fourth-order valence-corrected chi connectivity index (χ4v) is 2.12. The van der Waals surface area contributed by atoms with Gasteiger partial charge in [0.2, 0.25) is 0 Å². The Bertz CT molecular complexity index is 562. The number of aliphatic hydroxyl groups excluding tert-OH is 1. The molecule has 2 aromatic rings. The zero-order valence-corrected chi connectivity index (χ0v) is 9.89. The van der Waals surface area contributed by atoms with Crippen LogP contribution in [-0.4, -0.2) is 33.8 Å². The van der Waals surface area contributed by atoms with E-state index >= 15 is 0 Å². The van der Waals surface area contributed by atoms with E-state index in [0.29, 0.717) is 6.42 Å². The lowest BCUT2D eigenvalue weighted by Crippen LogP contribution is -2.32. The molecule has 0 bridgehead atoms. The second-order valence-electron chi connectivity index (χ2n) is 4.25.